The zero-order valence-electron chi connectivity index (χ0n) is 14.8. The molecule has 4 rings (SSSR count). The average Bonchev–Trinajstić information content (AvgIpc) is 3.27. The number of aromatic amines is 1. The van der Waals surface area contributed by atoms with Crippen molar-refractivity contribution >= 4 is 22.6 Å². The van der Waals surface area contributed by atoms with Crippen molar-refractivity contribution in [3.05, 3.63) is 46.5 Å². The van der Waals surface area contributed by atoms with Gasteiger partial charge in [0.2, 0.25) is 0 Å². The molecule has 5 nitrogen and oxygen atoms in total. The van der Waals surface area contributed by atoms with Gasteiger partial charge in [-0.15, -0.1) is 0 Å². The fourth-order valence-electron chi connectivity index (χ4n) is 3.76. The summed E-state index contributed by atoms with van der Waals surface area (Å²) in [6.45, 7) is 7.30. The minimum absolute atomic E-state index is 0.333. The van der Waals surface area contributed by atoms with Crippen LogP contribution in [0.15, 0.2) is 24.4 Å². The summed E-state index contributed by atoms with van der Waals surface area (Å²) in [7, 11) is 0. The normalized spacial score (nSPS) is 18.4. The molecule has 6 heteroatoms. The fourth-order valence-corrected chi connectivity index (χ4v) is 3.93. The van der Waals surface area contributed by atoms with Crippen LogP contribution < -0.4 is 0 Å². The van der Waals surface area contributed by atoms with Crippen LogP contribution >= 0.6 is 11.6 Å². The average molecular weight is 358 g/mol. The van der Waals surface area contributed by atoms with E-state index in [9.17, 15) is 0 Å². The van der Waals surface area contributed by atoms with E-state index >= 15 is 0 Å². The summed E-state index contributed by atoms with van der Waals surface area (Å²) in [5.41, 5.74) is 4.45. The molecule has 0 aliphatic carbocycles. The molecule has 1 N–H and O–H groups in total. The Hall–Kier alpha value is -1.85. The van der Waals surface area contributed by atoms with Crippen LogP contribution in [-0.2, 0) is 13.1 Å². The summed E-state index contributed by atoms with van der Waals surface area (Å²) in [5.74, 6) is 1.05. The Morgan fingerprint density at radius 3 is 3.08 bits per heavy atom. The van der Waals surface area contributed by atoms with Crippen LogP contribution in [0, 0.1) is 6.92 Å². The van der Waals surface area contributed by atoms with Crippen LogP contribution in [-0.4, -0.2) is 31.2 Å². The monoisotopic (exact) mass is 357 g/mol. The highest BCUT2D eigenvalue weighted by Gasteiger charge is 2.29. The first-order chi connectivity index (χ1) is 12.1. The molecule has 2 aromatic heterocycles. The van der Waals surface area contributed by atoms with Crippen LogP contribution in [0.25, 0.3) is 11.0 Å². The Labute approximate surface area is 153 Å². The molecule has 1 atom stereocenters. The smallest absolute Gasteiger partial charge is 0.124 e. The number of aryl methyl sites for hydroxylation is 2. The van der Waals surface area contributed by atoms with Gasteiger partial charge in [-0.2, -0.15) is 5.10 Å². The highest BCUT2D eigenvalue weighted by Crippen LogP contribution is 2.33. The second-order valence-electron chi connectivity index (χ2n) is 6.91. The van der Waals surface area contributed by atoms with Crippen molar-refractivity contribution in [2.75, 3.05) is 6.54 Å². The Balaban J connectivity index is 1.57. The number of aromatic nitrogens is 4. The lowest BCUT2D eigenvalue weighted by molar-refractivity contribution is 0.240. The quantitative estimate of drug-likeness (QED) is 0.733. The summed E-state index contributed by atoms with van der Waals surface area (Å²) >= 11 is 6.10. The van der Waals surface area contributed by atoms with Gasteiger partial charge in [0, 0.05) is 29.9 Å². The van der Waals surface area contributed by atoms with Gasteiger partial charge >= 0.3 is 0 Å². The Morgan fingerprint density at radius 2 is 2.24 bits per heavy atom. The fraction of sp³-hybridized carbons (Fsp3) is 0.474. The Kier molecular flexibility index (Phi) is 4.52. The van der Waals surface area contributed by atoms with Crippen molar-refractivity contribution in [1.29, 1.82) is 0 Å². The van der Waals surface area contributed by atoms with Gasteiger partial charge in [0.1, 0.15) is 5.82 Å². The van der Waals surface area contributed by atoms with Gasteiger partial charge in [0.25, 0.3) is 0 Å². The number of benzene rings is 1. The number of hydrogen-bond donors (Lipinski definition) is 1. The zero-order chi connectivity index (χ0) is 17.4. The maximum atomic E-state index is 6.10. The van der Waals surface area contributed by atoms with Crippen LogP contribution in [0.5, 0.6) is 0 Å². The van der Waals surface area contributed by atoms with E-state index in [1.807, 2.05) is 18.2 Å². The lowest BCUT2D eigenvalue weighted by Gasteiger charge is -2.22. The SMILES string of the molecule is CCCn1cc(CN2CCC[C@H]2c2nc3ccc(Cl)cc3[nH]2)c(C)n1. The van der Waals surface area contributed by atoms with Crippen LogP contribution in [0.4, 0.5) is 0 Å². The van der Waals surface area contributed by atoms with Gasteiger partial charge in [-0.3, -0.25) is 9.58 Å². The van der Waals surface area contributed by atoms with Crippen molar-refractivity contribution in [2.24, 2.45) is 0 Å². The third kappa shape index (κ3) is 3.31. The summed E-state index contributed by atoms with van der Waals surface area (Å²) in [6.07, 6.45) is 5.64. The number of imidazole rings is 1. The molecule has 3 aromatic rings. The first kappa shape index (κ1) is 16.6. The highest BCUT2D eigenvalue weighted by atomic mass is 35.5. The lowest BCUT2D eigenvalue weighted by Crippen LogP contribution is -2.23. The predicted molar refractivity (Wildman–Crippen MR) is 101 cm³/mol. The first-order valence-corrected chi connectivity index (χ1v) is 9.44. The minimum atomic E-state index is 0.333. The maximum absolute atomic E-state index is 6.10. The van der Waals surface area contributed by atoms with E-state index < -0.39 is 0 Å². The summed E-state index contributed by atoms with van der Waals surface area (Å²) in [5, 5.41) is 5.38. The van der Waals surface area contributed by atoms with E-state index in [0.29, 0.717) is 6.04 Å². The third-order valence-electron chi connectivity index (χ3n) is 5.02. The zero-order valence-corrected chi connectivity index (χ0v) is 15.6. The predicted octanol–water partition coefficient (Wildman–Crippen LogP) is 4.47. The van der Waals surface area contributed by atoms with Gasteiger partial charge in [-0.05, 0) is 50.9 Å². The van der Waals surface area contributed by atoms with Gasteiger partial charge in [-0.25, -0.2) is 4.98 Å². The van der Waals surface area contributed by atoms with E-state index in [2.05, 4.69) is 39.7 Å². The molecule has 25 heavy (non-hydrogen) atoms. The van der Waals surface area contributed by atoms with Crippen molar-refractivity contribution in [2.45, 2.75) is 52.2 Å². The molecule has 0 amide bonds. The molecule has 1 saturated heterocycles. The van der Waals surface area contributed by atoms with Crippen molar-refractivity contribution in [3.63, 3.8) is 0 Å². The molecule has 1 aliphatic heterocycles. The number of nitrogens with one attached hydrogen (secondary N) is 1. The molecule has 1 aliphatic rings. The van der Waals surface area contributed by atoms with E-state index in [0.717, 1.165) is 60.1 Å². The molecule has 0 unspecified atom stereocenters. The first-order valence-electron chi connectivity index (χ1n) is 9.06. The molecule has 0 spiro atoms. The van der Waals surface area contributed by atoms with E-state index in [4.69, 9.17) is 16.6 Å². The Morgan fingerprint density at radius 1 is 1.36 bits per heavy atom. The molecule has 0 saturated carbocycles. The highest BCUT2D eigenvalue weighted by molar-refractivity contribution is 6.31. The molecule has 132 valence electrons. The number of fused-ring (bicyclic) bond motifs is 1. The van der Waals surface area contributed by atoms with Crippen molar-refractivity contribution in [3.8, 4) is 0 Å². The van der Waals surface area contributed by atoms with Gasteiger partial charge in [0.15, 0.2) is 0 Å². The third-order valence-corrected chi connectivity index (χ3v) is 5.25. The largest absolute Gasteiger partial charge is 0.341 e. The van der Waals surface area contributed by atoms with Gasteiger partial charge in [-0.1, -0.05) is 18.5 Å². The second kappa shape index (κ2) is 6.81. The van der Waals surface area contributed by atoms with Gasteiger partial charge < -0.3 is 4.98 Å². The van der Waals surface area contributed by atoms with Crippen molar-refractivity contribution < 1.29 is 0 Å². The molecule has 0 bridgehead atoms. The molecular formula is C19H24ClN5. The number of likely N-dealkylation sites (tertiary alicyclic amines) is 1. The summed E-state index contributed by atoms with van der Waals surface area (Å²) in [4.78, 5) is 10.8. The number of H-pyrrole nitrogens is 1. The number of rotatable bonds is 5. The maximum Gasteiger partial charge on any atom is 0.124 e. The molecule has 1 fully saturated rings. The summed E-state index contributed by atoms with van der Waals surface area (Å²) in [6, 6.07) is 6.16. The van der Waals surface area contributed by atoms with Crippen LogP contribution in [0.1, 0.15) is 49.3 Å². The number of nitrogens with zero attached hydrogens (tertiary/aromatic N) is 4. The van der Waals surface area contributed by atoms with Crippen molar-refractivity contribution in [1.82, 2.24) is 24.6 Å². The minimum Gasteiger partial charge on any atom is -0.341 e. The lowest BCUT2D eigenvalue weighted by atomic mass is 10.2. The topological polar surface area (TPSA) is 49.7 Å². The molecular weight excluding hydrogens is 334 g/mol. The summed E-state index contributed by atoms with van der Waals surface area (Å²) < 4.78 is 2.07. The van der Waals surface area contributed by atoms with Crippen LogP contribution in [0.3, 0.4) is 0 Å². The van der Waals surface area contributed by atoms with E-state index in [-0.39, 0.29) is 0 Å². The van der Waals surface area contributed by atoms with E-state index in [1.165, 1.54) is 12.0 Å². The molecule has 0 radical (unpaired) electrons. The number of hydrogen-bond acceptors (Lipinski definition) is 3. The Bertz CT molecular complexity index is 881. The van der Waals surface area contributed by atoms with E-state index in [1.54, 1.807) is 0 Å². The number of halogens is 1. The standard InChI is InChI=1S/C19H24ClN5/c1-3-8-25-12-14(13(2)23-25)11-24-9-4-5-18(24)19-21-16-7-6-15(20)10-17(16)22-19/h6-7,10,12,18H,3-5,8-9,11H2,1-2H3,(H,21,22)/t18-/m0/s1. The van der Waals surface area contributed by atoms with Gasteiger partial charge in [0.05, 0.1) is 22.8 Å². The second-order valence-corrected chi connectivity index (χ2v) is 7.35. The molecule has 3 heterocycles. The molecule has 1 aromatic carbocycles. The van der Waals surface area contributed by atoms with Crippen LogP contribution in [0.2, 0.25) is 5.02 Å².